The summed E-state index contributed by atoms with van der Waals surface area (Å²) in [5, 5.41) is 2.61. The molecule has 1 nitrogen and oxygen atoms in total. The Kier molecular flexibility index (Phi) is 6.41. The quantitative estimate of drug-likeness (QED) is 0.185. The van der Waals surface area contributed by atoms with Gasteiger partial charge in [-0.3, -0.25) is 0 Å². The van der Waals surface area contributed by atoms with E-state index >= 15 is 0 Å². The molecule has 9 rings (SSSR count). The zero-order valence-electron chi connectivity index (χ0n) is 26.4. The standard InChI is InChI=1S/C45H33NS/c1-45(2)41-17-8-6-15-37(41)39-28-33(21-25-42(39)45)32-13-10-14-35(27-32)46(34-22-19-31(20-23-34)30-11-4-3-5-12-30)36-24-26-44-40(29-36)38-16-7-9-18-43(38)47-44/h3-29H,1-2H3. The number of nitrogens with zero attached hydrogens (tertiary/aromatic N) is 1. The van der Waals surface area contributed by atoms with Crippen LogP contribution < -0.4 is 4.90 Å². The molecule has 0 saturated heterocycles. The molecule has 0 radical (unpaired) electrons. The molecule has 0 unspecified atom stereocenters. The second-order valence-corrected chi connectivity index (χ2v) is 14.1. The minimum atomic E-state index is -0.000507. The van der Waals surface area contributed by atoms with Crippen LogP contribution in [0, 0.1) is 0 Å². The van der Waals surface area contributed by atoms with Crippen LogP contribution in [0.4, 0.5) is 17.1 Å². The number of rotatable bonds is 5. The van der Waals surface area contributed by atoms with Crippen molar-refractivity contribution < 1.29 is 0 Å². The van der Waals surface area contributed by atoms with Crippen molar-refractivity contribution in [3.63, 3.8) is 0 Å². The van der Waals surface area contributed by atoms with Gasteiger partial charge in [0.1, 0.15) is 0 Å². The predicted octanol–water partition coefficient (Wildman–Crippen LogP) is 13.2. The Labute approximate surface area is 280 Å². The normalized spacial score (nSPS) is 13.1. The fraction of sp³-hybridized carbons (Fsp3) is 0.0667. The van der Waals surface area contributed by atoms with E-state index in [1.807, 2.05) is 11.3 Å². The Bertz CT molecular complexity index is 2430. The molecule has 1 heterocycles. The monoisotopic (exact) mass is 619 g/mol. The maximum absolute atomic E-state index is 2.40. The fourth-order valence-corrected chi connectivity index (χ4v) is 8.54. The average molecular weight is 620 g/mol. The van der Waals surface area contributed by atoms with Gasteiger partial charge in [-0.05, 0) is 99.1 Å². The average Bonchev–Trinajstić information content (AvgIpc) is 3.61. The number of hydrogen-bond donors (Lipinski definition) is 0. The third kappa shape index (κ3) is 4.60. The molecule has 0 spiro atoms. The molecule has 1 aliphatic carbocycles. The van der Waals surface area contributed by atoms with E-state index in [-0.39, 0.29) is 5.41 Å². The highest BCUT2D eigenvalue weighted by atomic mass is 32.1. The molecule has 1 aromatic heterocycles. The predicted molar refractivity (Wildman–Crippen MR) is 202 cm³/mol. The SMILES string of the molecule is CC1(C)c2ccccc2-c2cc(-c3cccc(N(c4ccc(-c5ccccc5)cc4)c4ccc5sc6ccccc6c5c4)c3)ccc21. The highest BCUT2D eigenvalue weighted by Crippen LogP contribution is 2.50. The summed E-state index contributed by atoms with van der Waals surface area (Å²) in [5.74, 6) is 0. The topological polar surface area (TPSA) is 3.24 Å². The lowest BCUT2D eigenvalue weighted by molar-refractivity contribution is 0.660. The lowest BCUT2D eigenvalue weighted by Gasteiger charge is -2.26. The van der Waals surface area contributed by atoms with Gasteiger partial charge in [-0.1, -0.05) is 123 Å². The van der Waals surface area contributed by atoms with Gasteiger partial charge in [0, 0.05) is 42.6 Å². The highest BCUT2D eigenvalue weighted by molar-refractivity contribution is 7.25. The van der Waals surface area contributed by atoms with Gasteiger partial charge in [-0.25, -0.2) is 0 Å². The number of benzene rings is 7. The lowest BCUT2D eigenvalue weighted by atomic mass is 9.82. The number of fused-ring (bicyclic) bond motifs is 6. The van der Waals surface area contributed by atoms with Gasteiger partial charge in [0.15, 0.2) is 0 Å². The van der Waals surface area contributed by atoms with Crippen molar-refractivity contribution in [2.75, 3.05) is 4.90 Å². The van der Waals surface area contributed by atoms with Crippen LogP contribution in [0.3, 0.4) is 0 Å². The van der Waals surface area contributed by atoms with Crippen molar-refractivity contribution in [2.24, 2.45) is 0 Å². The van der Waals surface area contributed by atoms with Gasteiger partial charge >= 0.3 is 0 Å². The van der Waals surface area contributed by atoms with Crippen molar-refractivity contribution in [1.82, 2.24) is 0 Å². The molecule has 1 aliphatic rings. The summed E-state index contributed by atoms with van der Waals surface area (Å²) in [6, 6.07) is 60.1. The highest BCUT2D eigenvalue weighted by Gasteiger charge is 2.35. The summed E-state index contributed by atoms with van der Waals surface area (Å²) in [5.41, 5.74) is 13.8. The molecule has 0 saturated carbocycles. The van der Waals surface area contributed by atoms with E-state index in [1.165, 1.54) is 64.7 Å². The molecule has 0 atom stereocenters. The molecule has 2 heteroatoms. The number of anilines is 3. The Morgan fingerprint density at radius 3 is 1.89 bits per heavy atom. The molecule has 8 aromatic rings. The molecule has 7 aromatic carbocycles. The zero-order chi connectivity index (χ0) is 31.5. The largest absolute Gasteiger partial charge is 0.310 e. The van der Waals surface area contributed by atoms with Crippen LogP contribution in [-0.2, 0) is 5.41 Å². The first-order valence-electron chi connectivity index (χ1n) is 16.3. The minimum absolute atomic E-state index is 0.000507. The van der Waals surface area contributed by atoms with Crippen LogP contribution in [-0.4, -0.2) is 0 Å². The smallest absolute Gasteiger partial charge is 0.0468 e. The van der Waals surface area contributed by atoms with Crippen molar-refractivity contribution in [1.29, 1.82) is 0 Å². The van der Waals surface area contributed by atoms with E-state index in [0.29, 0.717) is 0 Å². The Morgan fingerprint density at radius 2 is 1.02 bits per heavy atom. The third-order valence-electron chi connectivity index (χ3n) is 9.87. The molecule has 0 fully saturated rings. The van der Waals surface area contributed by atoms with Crippen molar-refractivity contribution in [3.05, 3.63) is 175 Å². The van der Waals surface area contributed by atoms with Gasteiger partial charge in [-0.2, -0.15) is 0 Å². The number of hydrogen-bond acceptors (Lipinski definition) is 2. The Balaban J connectivity index is 1.18. The van der Waals surface area contributed by atoms with Crippen LogP contribution >= 0.6 is 11.3 Å². The van der Waals surface area contributed by atoms with Gasteiger partial charge in [0.25, 0.3) is 0 Å². The second-order valence-electron chi connectivity index (χ2n) is 13.0. The fourth-order valence-electron chi connectivity index (χ4n) is 7.46. The van der Waals surface area contributed by atoms with E-state index in [2.05, 4.69) is 183 Å². The van der Waals surface area contributed by atoms with E-state index in [0.717, 1.165) is 17.1 Å². The Hall–Kier alpha value is -5.44. The van der Waals surface area contributed by atoms with Crippen molar-refractivity contribution in [3.8, 4) is 33.4 Å². The summed E-state index contributed by atoms with van der Waals surface area (Å²) in [6.45, 7) is 4.68. The maximum atomic E-state index is 2.40. The molecule has 0 amide bonds. The molecular weight excluding hydrogens is 587 g/mol. The first-order chi connectivity index (χ1) is 23.0. The van der Waals surface area contributed by atoms with E-state index in [9.17, 15) is 0 Å². The summed E-state index contributed by atoms with van der Waals surface area (Å²) in [6.07, 6.45) is 0. The molecular formula is C45H33NS. The van der Waals surface area contributed by atoms with Gasteiger partial charge < -0.3 is 4.90 Å². The van der Waals surface area contributed by atoms with Crippen LogP contribution in [0.25, 0.3) is 53.6 Å². The van der Waals surface area contributed by atoms with Crippen molar-refractivity contribution in [2.45, 2.75) is 19.3 Å². The summed E-state index contributed by atoms with van der Waals surface area (Å²) >= 11 is 1.86. The molecule has 224 valence electrons. The van der Waals surface area contributed by atoms with Crippen LogP contribution in [0.15, 0.2) is 164 Å². The summed E-state index contributed by atoms with van der Waals surface area (Å²) < 4.78 is 2.63. The molecule has 0 aliphatic heterocycles. The van der Waals surface area contributed by atoms with Crippen LogP contribution in [0.5, 0.6) is 0 Å². The van der Waals surface area contributed by atoms with Crippen molar-refractivity contribution >= 4 is 48.6 Å². The van der Waals surface area contributed by atoms with Crippen LogP contribution in [0.2, 0.25) is 0 Å². The van der Waals surface area contributed by atoms with Gasteiger partial charge in [0.2, 0.25) is 0 Å². The van der Waals surface area contributed by atoms with E-state index < -0.39 is 0 Å². The zero-order valence-corrected chi connectivity index (χ0v) is 27.3. The van der Waals surface area contributed by atoms with E-state index in [1.54, 1.807) is 0 Å². The Morgan fingerprint density at radius 1 is 0.404 bits per heavy atom. The number of thiophene rings is 1. The minimum Gasteiger partial charge on any atom is -0.310 e. The van der Waals surface area contributed by atoms with Gasteiger partial charge in [0.05, 0.1) is 0 Å². The first kappa shape index (κ1) is 27.8. The van der Waals surface area contributed by atoms with E-state index in [4.69, 9.17) is 0 Å². The second kappa shape index (κ2) is 10.8. The third-order valence-corrected chi connectivity index (χ3v) is 11.0. The summed E-state index contributed by atoms with van der Waals surface area (Å²) in [4.78, 5) is 2.40. The maximum Gasteiger partial charge on any atom is 0.0468 e. The van der Waals surface area contributed by atoms with Crippen LogP contribution in [0.1, 0.15) is 25.0 Å². The molecule has 47 heavy (non-hydrogen) atoms. The van der Waals surface area contributed by atoms with Gasteiger partial charge in [-0.15, -0.1) is 11.3 Å². The molecule has 0 N–H and O–H groups in total. The summed E-state index contributed by atoms with van der Waals surface area (Å²) in [7, 11) is 0. The lowest BCUT2D eigenvalue weighted by Crippen LogP contribution is -2.14. The molecule has 0 bridgehead atoms. The first-order valence-corrected chi connectivity index (χ1v) is 17.1.